The highest BCUT2D eigenvalue weighted by atomic mass is 32.9. The average molecular weight is 283 g/mol. The lowest BCUT2D eigenvalue weighted by molar-refractivity contribution is 0.0527. The van der Waals surface area contributed by atoms with E-state index in [1.165, 1.54) is 20.7 Å². The number of pyridine rings is 1. The minimum absolute atomic E-state index is 0.343. The van der Waals surface area contributed by atoms with Crippen molar-refractivity contribution in [3.05, 3.63) is 33.8 Å². The number of hydrogen-bond donors (Lipinski definition) is 0. The Bertz CT molecular complexity index is 574. The van der Waals surface area contributed by atoms with Crippen LogP contribution in [0.15, 0.2) is 24.4 Å². The molecule has 3 nitrogen and oxygen atoms in total. The second-order valence-corrected chi connectivity index (χ2v) is 5.91. The van der Waals surface area contributed by atoms with Crippen LogP contribution in [0.1, 0.15) is 17.3 Å². The lowest BCUT2D eigenvalue weighted by Crippen LogP contribution is -2.05. The zero-order valence-electron chi connectivity index (χ0n) is 9.00. The molecule has 17 heavy (non-hydrogen) atoms. The molecule has 2 aromatic heterocycles. The molecule has 2 heterocycles. The average Bonchev–Trinajstić information content (AvgIpc) is 2.73. The quantitative estimate of drug-likeness (QED) is 0.488. The fraction of sp³-hybridized carbons (Fsp3) is 0.182. The van der Waals surface area contributed by atoms with E-state index in [0.29, 0.717) is 16.0 Å². The maximum atomic E-state index is 11.8. The van der Waals surface area contributed by atoms with Crippen molar-refractivity contribution in [2.24, 2.45) is 0 Å². The predicted molar refractivity (Wildman–Crippen MR) is 72.2 cm³/mol. The van der Waals surface area contributed by atoms with Crippen molar-refractivity contribution >= 4 is 38.9 Å². The first-order valence-corrected chi connectivity index (χ1v) is 7.51. The van der Waals surface area contributed by atoms with Crippen LogP contribution in [0, 0.1) is 3.82 Å². The lowest BCUT2D eigenvalue weighted by atomic mass is 10.2. The number of esters is 1. The third-order valence-corrected chi connectivity index (χ3v) is 5.05. The van der Waals surface area contributed by atoms with E-state index in [1.54, 1.807) is 13.1 Å². The first-order valence-electron chi connectivity index (χ1n) is 4.95. The van der Waals surface area contributed by atoms with Crippen LogP contribution >= 0.6 is 32.9 Å². The summed E-state index contributed by atoms with van der Waals surface area (Å²) < 4.78 is 5.57. The number of aromatic nitrogens is 1. The number of carbonyl (C=O) groups is 1. The molecule has 0 radical (unpaired) electrons. The molecule has 0 atom stereocenters. The van der Waals surface area contributed by atoms with E-state index >= 15 is 0 Å². The molecule has 88 valence electrons. The second kappa shape index (κ2) is 5.48. The van der Waals surface area contributed by atoms with E-state index in [9.17, 15) is 4.79 Å². The molecule has 0 unspecified atom stereocenters. The Labute approximate surface area is 111 Å². The van der Waals surface area contributed by atoms with Crippen molar-refractivity contribution in [3.8, 4) is 10.6 Å². The molecule has 0 fully saturated rings. The monoisotopic (exact) mass is 283 g/mol. The molecule has 0 aliphatic heterocycles. The van der Waals surface area contributed by atoms with E-state index in [-0.39, 0.29) is 5.97 Å². The third-order valence-electron chi connectivity index (χ3n) is 2.01. The van der Waals surface area contributed by atoms with Gasteiger partial charge in [-0.15, -0.1) is 0 Å². The van der Waals surface area contributed by atoms with Crippen LogP contribution in [0.4, 0.5) is 0 Å². The molecule has 0 aliphatic rings. The van der Waals surface area contributed by atoms with Crippen LogP contribution in [0.2, 0.25) is 0 Å². The Morgan fingerprint density at radius 2 is 2.29 bits per heavy atom. The standard InChI is InChI=1S/C11H9NO2S3/c1-2-14-10(13)8-9(16-17-11(8)15)7-5-3-4-6-12-7/h3-6H,2H2,1H3. The van der Waals surface area contributed by atoms with Crippen LogP contribution in [-0.2, 0) is 4.74 Å². The van der Waals surface area contributed by atoms with Gasteiger partial charge >= 0.3 is 5.97 Å². The van der Waals surface area contributed by atoms with Crippen molar-refractivity contribution < 1.29 is 9.53 Å². The van der Waals surface area contributed by atoms with Crippen LogP contribution in [0.3, 0.4) is 0 Å². The molecule has 2 rings (SSSR count). The second-order valence-electron chi connectivity index (χ2n) is 3.09. The van der Waals surface area contributed by atoms with Crippen LogP contribution in [0.25, 0.3) is 10.6 Å². The fourth-order valence-electron chi connectivity index (χ4n) is 1.30. The van der Waals surface area contributed by atoms with E-state index in [2.05, 4.69) is 4.98 Å². The number of ether oxygens (including phenoxy) is 1. The molecular weight excluding hydrogens is 274 g/mol. The van der Waals surface area contributed by atoms with Gasteiger partial charge in [-0.1, -0.05) is 39.0 Å². The van der Waals surface area contributed by atoms with Gasteiger partial charge in [0.05, 0.1) is 17.2 Å². The Kier molecular flexibility index (Phi) is 3.98. The van der Waals surface area contributed by atoms with Crippen LogP contribution < -0.4 is 0 Å². The minimum Gasteiger partial charge on any atom is -0.462 e. The van der Waals surface area contributed by atoms with E-state index < -0.39 is 0 Å². The summed E-state index contributed by atoms with van der Waals surface area (Å²) in [6, 6.07) is 5.57. The fourth-order valence-corrected chi connectivity index (χ4v) is 4.06. The number of carbonyl (C=O) groups excluding carboxylic acids is 1. The van der Waals surface area contributed by atoms with E-state index in [4.69, 9.17) is 17.0 Å². The molecule has 0 saturated carbocycles. The first-order chi connectivity index (χ1) is 8.24. The first kappa shape index (κ1) is 12.3. The molecule has 0 aliphatic carbocycles. The van der Waals surface area contributed by atoms with Gasteiger partial charge in [-0.3, -0.25) is 4.98 Å². The predicted octanol–water partition coefficient (Wildman–Crippen LogP) is 3.78. The third kappa shape index (κ3) is 2.59. The summed E-state index contributed by atoms with van der Waals surface area (Å²) in [6.07, 6.45) is 1.69. The summed E-state index contributed by atoms with van der Waals surface area (Å²) in [7, 11) is 2.85. The molecular formula is C11H9NO2S3. The van der Waals surface area contributed by atoms with Crippen molar-refractivity contribution in [2.75, 3.05) is 6.61 Å². The van der Waals surface area contributed by atoms with Gasteiger partial charge in [0.25, 0.3) is 0 Å². The topological polar surface area (TPSA) is 39.2 Å². The molecule has 6 heteroatoms. The summed E-state index contributed by atoms with van der Waals surface area (Å²) in [4.78, 5) is 16.8. The summed E-state index contributed by atoms with van der Waals surface area (Å²) in [5.41, 5.74) is 1.23. The van der Waals surface area contributed by atoms with E-state index in [0.717, 1.165) is 10.6 Å². The zero-order valence-corrected chi connectivity index (χ0v) is 11.5. The molecule has 0 saturated heterocycles. The summed E-state index contributed by atoms with van der Waals surface area (Å²) in [5.74, 6) is -0.365. The highest BCUT2D eigenvalue weighted by Crippen LogP contribution is 2.33. The maximum Gasteiger partial charge on any atom is 0.342 e. The highest BCUT2D eigenvalue weighted by Gasteiger charge is 2.19. The van der Waals surface area contributed by atoms with Gasteiger partial charge in [-0.25, -0.2) is 4.79 Å². The number of rotatable bonds is 3. The summed E-state index contributed by atoms with van der Waals surface area (Å²) >= 11 is 5.16. The number of nitrogens with zero attached hydrogens (tertiary/aromatic N) is 1. The van der Waals surface area contributed by atoms with Gasteiger partial charge in [0, 0.05) is 6.20 Å². The van der Waals surface area contributed by atoms with Gasteiger partial charge in [0.2, 0.25) is 0 Å². The Morgan fingerprint density at radius 1 is 1.47 bits per heavy atom. The molecule has 2 aromatic rings. The Balaban J connectivity index is 2.50. The molecule has 0 amide bonds. The van der Waals surface area contributed by atoms with E-state index in [1.807, 2.05) is 18.2 Å². The number of hydrogen-bond acceptors (Lipinski definition) is 6. The van der Waals surface area contributed by atoms with Crippen molar-refractivity contribution in [1.29, 1.82) is 0 Å². The van der Waals surface area contributed by atoms with Crippen molar-refractivity contribution in [2.45, 2.75) is 6.92 Å². The van der Waals surface area contributed by atoms with Crippen LogP contribution in [0.5, 0.6) is 0 Å². The highest BCUT2D eigenvalue weighted by molar-refractivity contribution is 7.80. The molecule has 0 N–H and O–H groups in total. The van der Waals surface area contributed by atoms with Gasteiger partial charge < -0.3 is 4.74 Å². The SMILES string of the molecule is CCOC(=O)c1c(-c2ccccn2)ssc1=S. The normalized spacial score (nSPS) is 10.2. The van der Waals surface area contributed by atoms with Gasteiger partial charge in [-0.05, 0) is 19.1 Å². The Hall–Kier alpha value is -1.11. The smallest absolute Gasteiger partial charge is 0.342 e. The maximum absolute atomic E-state index is 11.8. The van der Waals surface area contributed by atoms with Crippen LogP contribution in [-0.4, -0.2) is 17.6 Å². The van der Waals surface area contributed by atoms with Crippen molar-refractivity contribution in [3.63, 3.8) is 0 Å². The zero-order chi connectivity index (χ0) is 12.3. The molecule has 0 bridgehead atoms. The molecule has 0 aromatic carbocycles. The van der Waals surface area contributed by atoms with Gasteiger partial charge in [-0.2, -0.15) is 0 Å². The van der Waals surface area contributed by atoms with Crippen molar-refractivity contribution in [1.82, 2.24) is 4.98 Å². The minimum atomic E-state index is -0.365. The summed E-state index contributed by atoms with van der Waals surface area (Å²) in [6.45, 7) is 2.12. The van der Waals surface area contributed by atoms with Gasteiger partial charge in [0.1, 0.15) is 9.39 Å². The van der Waals surface area contributed by atoms with Gasteiger partial charge in [0.15, 0.2) is 0 Å². The molecule has 0 spiro atoms. The lowest BCUT2D eigenvalue weighted by Gasteiger charge is -2.02. The largest absolute Gasteiger partial charge is 0.462 e. The summed E-state index contributed by atoms with van der Waals surface area (Å²) in [5, 5.41) is 0. The Morgan fingerprint density at radius 3 is 2.94 bits per heavy atom.